The average Bonchev–Trinajstić information content (AvgIpc) is 3.02. The molecule has 0 radical (unpaired) electrons. The summed E-state index contributed by atoms with van der Waals surface area (Å²) in [5, 5.41) is 12.4. The Kier molecular flexibility index (Phi) is 4.23. The third-order valence-electron chi connectivity index (χ3n) is 5.10. The van der Waals surface area contributed by atoms with E-state index in [2.05, 4.69) is 16.3 Å². The van der Waals surface area contributed by atoms with Gasteiger partial charge in [-0.15, -0.1) is 0 Å². The maximum absolute atomic E-state index is 12.6. The van der Waals surface area contributed by atoms with Gasteiger partial charge in [-0.2, -0.15) is 5.26 Å². The van der Waals surface area contributed by atoms with Crippen LogP contribution in [0, 0.1) is 11.3 Å². The van der Waals surface area contributed by atoms with E-state index in [1.54, 1.807) is 6.07 Å². The summed E-state index contributed by atoms with van der Waals surface area (Å²) in [6, 6.07) is 7.76. The maximum Gasteiger partial charge on any atom is 0.228 e. The minimum atomic E-state index is 0.174. The van der Waals surface area contributed by atoms with E-state index in [0.717, 1.165) is 56.9 Å². The molecular formula is C18H22N4O2. The van der Waals surface area contributed by atoms with Gasteiger partial charge in [-0.25, -0.2) is 0 Å². The molecule has 2 atom stereocenters. The summed E-state index contributed by atoms with van der Waals surface area (Å²) in [6.07, 6.45) is 1.88. The highest BCUT2D eigenvalue weighted by Gasteiger charge is 2.31. The quantitative estimate of drug-likeness (QED) is 0.876. The number of hydrogen-bond donors (Lipinski definition) is 1. The van der Waals surface area contributed by atoms with Crippen molar-refractivity contribution in [3.05, 3.63) is 29.3 Å². The molecule has 0 aromatic heterocycles. The van der Waals surface area contributed by atoms with Gasteiger partial charge in [-0.1, -0.05) is 0 Å². The second-order valence-electron chi connectivity index (χ2n) is 6.80. The van der Waals surface area contributed by atoms with Gasteiger partial charge < -0.3 is 15.0 Å². The highest BCUT2D eigenvalue weighted by atomic mass is 16.5. The number of carbonyl (C=O) groups excluding carboxylic acids is 1. The van der Waals surface area contributed by atoms with Gasteiger partial charge in [-0.05, 0) is 30.2 Å². The monoisotopic (exact) mass is 326 g/mol. The minimum absolute atomic E-state index is 0.174. The van der Waals surface area contributed by atoms with Crippen LogP contribution in [0.1, 0.15) is 17.5 Å². The van der Waals surface area contributed by atoms with Crippen LogP contribution < -0.4 is 10.2 Å². The van der Waals surface area contributed by atoms with Crippen LogP contribution in [-0.2, 0) is 16.0 Å². The zero-order valence-electron chi connectivity index (χ0n) is 13.7. The lowest BCUT2D eigenvalue weighted by Crippen LogP contribution is -2.58. The van der Waals surface area contributed by atoms with Crippen molar-refractivity contribution in [1.29, 1.82) is 5.26 Å². The smallest absolute Gasteiger partial charge is 0.228 e. The van der Waals surface area contributed by atoms with Crippen LogP contribution in [0.3, 0.4) is 0 Å². The van der Waals surface area contributed by atoms with E-state index < -0.39 is 0 Å². The summed E-state index contributed by atoms with van der Waals surface area (Å²) >= 11 is 0. The average molecular weight is 326 g/mol. The van der Waals surface area contributed by atoms with Gasteiger partial charge in [-0.3, -0.25) is 9.69 Å². The molecule has 2 fully saturated rings. The number of anilines is 1. The van der Waals surface area contributed by atoms with Gasteiger partial charge in [0.05, 0.1) is 23.8 Å². The van der Waals surface area contributed by atoms with Crippen LogP contribution in [0.2, 0.25) is 0 Å². The largest absolute Gasteiger partial charge is 0.370 e. The Balaban J connectivity index is 1.35. The number of nitrogens with zero attached hydrogens (tertiary/aromatic N) is 3. The van der Waals surface area contributed by atoms with E-state index in [9.17, 15) is 4.79 Å². The molecule has 1 aromatic rings. The number of hydrogen-bond acceptors (Lipinski definition) is 5. The molecule has 1 aromatic carbocycles. The summed E-state index contributed by atoms with van der Waals surface area (Å²) in [5.41, 5.74) is 2.74. The molecule has 24 heavy (non-hydrogen) atoms. The first-order valence-electron chi connectivity index (χ1n) is 8.65. The first kappa shape index (κ1) is 15.6. The Hall–Kier alpha value is -1.94. The fourth-order valence-electron chi connectivity index (χ4n) is 3.94. The van der Waals surface area contributed by atoms with E-state index in [4.69, 9.17) is 10.00 Å². The lowest BCUT2D eigenvalue weighted by Gasteiger charge is -2.41. The lowest BCUT2D eigenvalue weighted by atomic mass is 10.1. The predicted molar refractivity (Wildman–Crippen MR) is 89.8 cm³/mol. The van der Waals surface area contributed by atoms with Gasteiger partial charge in [0, 0.05) is 51.4 Å². The van der Waals surface area contributed by atoms with Crippen LogP contribution >= 0.6 is 0 Å². The maximum atomic E-state index is 12.6. The summed E-state index contributed by atoms with van der Waals surface area (Å²) in [7, 11) is 0. The second-order valence-corrected chi connectivity index (χ2v) is 6.80. The zero-order chi connectivity index (χ0) is 16.5. The summed E-state index contributed by atoms with van der Waals surface area (Å²) in [6.45, 7) is 5.12. The van der Waals surface area contributed by atoms with Crippen molar-refractivity contribution in [1.82, 2.24) is 10.2 Å². The van der Waals surface area contributed by atoms with Crippen molar-refractivity contribution in [3.8, 4) is 6.07 Å². The standard InChI is InChI=1S/C18H22N4O2/c19-8-13-1-2-17-14(7-13)3-6-22(17)18(23)4-5-21-11-15-9-20-10-16(12-21)24-15/h1-2,7,15-16,20H,3-6,9-12H2. The van der Waals surface area contributed by atoms with Crippen molar-refractivity contribution in [2.24, 2.45) is 0 Å². The summed E-state index contributed by atoms with van der Waals surface area (Å²) in [5.74, 6) is 0.174. The van der Waals surface area contributed by atoms with E-state index in [1.165, 1.54) is 0 Å². The van der Waals surface area contributed by atoms with E-state index >= 15 is 0 Å². The Morgan fingerprint density at radius 2 is 2.12 bits per heavy atom. The van der Waals surface area contributed by atoms with Crippen molar-refractivity contribution in [3.63, 3.8) is 0 Å². The number of fused-ring (bicyclic) bond motifs is 3. The minimum Gasteiger partial charge on any atom is -0.370 e. The lowest BCUT2D eigenvalue weighted by molar-refractivity contribution is -0.121. The van der Waals surface area contributed by atoms with Crippen LogP contribution in [0.25, 0.3) is 0 Å². The number of amides is 1. The van der Waals surface area contributed by atoms with E-state index in [0.29, 0.717) is 12.0 Å². The molecule has 0 spiro atoms. The van der Waals surface area contributed by atoms with Crippen molar-refractivity contribution in [2.45, 2.75) is 25.0 Å². The Morgan fingerprint density at radius 1 is 1.33 bits per heavy atom. The molecule has 1 N–H and O–H groups in total. The summed E-state index contributed by atoms with van der Waals surface area (Å²) < 4.78 is 5.90. The molecule has 6 heteroatoms. The molecule has 3 heterocycles. The van der Waals surface area contributed by atoms with Gasteiger partial charge in [0.25, 0.3) is 0 Å². The SMILES string of the molecule is N#Cc1ccc2c(c1)CCN2C(=O)CCN1CC2CNCC(C1)O2. The summed E-state index contributed by atoms with van der Waals surface area (Å²) in [4.78, 5) is 16.9. The van der Waals surface area contributed by atoms with Crippen LogP contribution in [0.4, 0.5) is 5.69 Å². The number of rotatable bonds is 3. The van der Waals surface area contributed by atoms with Crippen LogP contribution in [0.15, 0.2) is 18.2 Å². The highest BCUT2D eigenvalue weighted by molar-refractivity contribution is 5.95. The molecule has 4 rings (SSSR count). The van der Waals surface area contributed by atoms with Crippen LogP contribution in [-0.4, -0.2) is 62.3 Å². The van der Waals surface area contributed by atoms with E-state index in [-0.39, 0.29) is 18.1 Å². The van der Waals surface area contributed by atoms with Crippen molar-refractivity contribution >= 4 is 11.6 Å². The fraction of sp³-hybridized carbons (Fsp3) is 0.556. The van der Waals surface area contributed by atoms with Crippen LogP contribution in [0.5, 0.6) is 0 Å². The van der Waals surface area contributed by atoms with Gasteiger partial charge in [0.2, 0.25) is 5.91 Å². The normalized spacial score (nSPS) is 26.0. The Morgan fingerprint density at radius 3 is 2.88 bits per heavy atom. The molecule has 2 saturated heterocycles. The molecule has 1 amide bonds. The van der Waals surface area contributed by atoms with Gasteiger partial charge in [0.1, 0.15) is 0 Å². The third-order valence-corrected chi connectivity index (χ3v) is 5.10. The van der Waals surface area contributed by atoms with E-state index in [1.807, 2.05) is 17.0 Å². The molecule has 3 aliphatic heterocycles. The first-order chi connectivity index (χ1) is 11.7. The number of morpholine rings is 2. The van der Waals surface area contributed by atoms with Crippen molar-refractivity contribution in [2.75, 3.05) is 44.2 Å². The first-order valence-corrected chi connectivity index (χ1v) is 8.65. The second kappa shape index (κ2) is 6.52. The number of nitrogens with one attached hydrogen (secondary N) is 1. The number of nitriles is 1. The fourth-order valence-corrected chi connectivity index (χ4v) is 3.94. The van der Waals surface area contributed by atoms with Gasteiger partial charge >= 0.3 is 0 Å². The molecule has 0 aliphatic carbocycles. The zero-order valence-corrected chi connectivity index (χ0v) is 13.7. The topological polar surface area (TPSA) is 68.6 Å². The van der Waals surface area contributed by atoms with Gasteiger partial charge in [0.15, 0.2) is 0 Å². The van der Waals surface area contributed by atoms with Crippen molar-refractivity contribution < 1.29 is 9.53 Å². The molecule has 3 aliphatic rings. The predicted octanol–water partition coefficient (Wildman–Crippen LogP) is 0.510. The number of benzene rings is 1. The molecule has 6 nitrogen and oxygen atoms in total. The Bertz CT molecular complexity index is 672. The third kappa shape index (κ3) is 3.03. The molecule has 0 saturated carbocycles. The molecule has 2 unspecified atom stereocenters. The molecule has 2 bridgehead atoms. The Labute approximate surface area is 142 Å². The highest BCUT2D eigenvalue weighted by Crippen LogP contribution is 2.29. The number of ether oxygens (including phenoxy) is 1. The number of carbonyl (C=O) groups is 1. The molecular weight excluding hydrogens is 304 g/mol. The molecule has 126 valence electrons.